The summed E-state index contributed by atoms with van der Waals surface area (Å²) in [5.41, 5.74) is 2.48. The number of hydrogen-bond acceptors (Lipinski definition) is 3. The number of benzene rings is 1. The fraction of sp³-hybridized carbons (Fsp3) is 0.579. The maximum absolute atomic E-state index is 12.1. The molecule has 1 fully saturated rings. The summed E-state index contributed by atoms with van der Waals surface area (Å²) in [5.74, 6) is 0.828. The molecule has 0 saturated carbocycles. The number of halogens is 1. The molecule has 1 heterocycles. The first-order valence-corrected chi connectivity index (χ1v) is 9.16. The first-order chi connectivity index (χ1) is 12.1. The molecule has 2 rings (SSSR count). The molecule has 7 heteroatoms. The van der Waals surface area contributed by atoms with Crippen LogP contribution in [0.15, 0.2) is 29.3 Å². The Morgan fingerprint density at radius 3 is 2.38 bits per heavy atom. The predicted molar refractivity (Wildman–Crippen MR) is 120 cm³/mol. The van der Waals surface area contributed by atoms with Gasteiger partial charge in [0, 0.05) is 46.0 Å². The lowest BCUT2D eigenvalue weighted by Crippen LogP contribution is -2.39. The van der Waals surface area contributed by atoms with Gasteiger partial charge in [0.1, 0.15) is 6.54 Å². The molecule has 1 aliphatic rings. The van der Waals surface area contributed by atoms with Gasteiger partial charge in [0.25, 0.3) is 0 Å². The second-order valence-electron chi connectivity index (χ2n) is 6.52. The molecule has 1 saturated heterocycles. The molecule has 0 spiro atoms. The Morgan fingerprint density at radius 2 is 1.81 bits per heavy atom. The largest absolute Gasteiger partial charge is 0.378 e. The molecule has 0 radical (unpaired) electrons. The number of amides is 1. The molecule has 146 valence electrons. The topological polar surface area (TPSA) is 60.0 Å². The van der Waals surface area contributed by atoms with Crippen LogP contribution in [-0.4, -0.2) is 63.6 Å². The summed E-state index contributed by atoms with van der Waals surface area (Å²) in [7, 11) is 4.08. The van der Waals surface area contributed by atoms with Crippen LogP contribution in [-0.2, 0) is 11.2 Å². The summed E-state index contributed by atoms with van der Waals surface area (Å²) in [4.78, 5) is 20.5. The Morgan fingerprint density at radius 1 is 1.15 bits per heavy atom. The van der Waals surface area contributed by atoms with E-state index in [0.29, 0.717) is 5.96 Å². The van der Waals surface area contributed by atoms with Gasteiger partial charge in [-0.2, -0.15) is 0 Å². The third kappa shape index (κ3) is 7.39. The van der Waals surface area contributed by atoms with Crippen LogP contribution in [0.1, 0.15) is 25.3 Å². The Bertz CT molecular complexity index is 568. The van der Waals surface area contributed by atoms with Crippen LogP contribution in [0.4, 0.5) is 5.69 Å². The highest BCUT2D eigenvalue weighted by Crippen LogP contribution is 2.12. The van der Waals surface area contributed by atoms with Crippen molar-refractivity contribution in [3.8, 4) is 0 Å². The second kappa shape index (κ2) is 12.0. The van der Waals surface area contributed by atoms with E-state index in [1.807, 2.05) is 25.9 Å². The minimum Gasteiger partial charge on any atom is -0.378 e. The van der Waals surface area contributed by atoms with Crippen LogP contribution < -0.4 is 15.5 Å². The van der Waals surface area contributed by atoms with Crippen molar-refractivity contribution >= 4 is 41.5 Å². The average Bonchev–Trinajstić information content (AvgIpc) is 3.14. The first kappa shape index (κ1) is 22.5. The second-order valence-corrected chi connectivity index (χ2v) is 6.52. The minimum absolute atomic E-state index is 0. The van der Waals surface area contributed by atoms with E-state index in [2.05, 4.69) is 44.8 Å². The number of nitrogens with zero attached hydrogens (tertiary/aromatic N) is 3. The summed E-state index contributed by atoms with van der Waals surface area (Å²) in [5, 5.41) is 6.51. The molecule has 26 heavy (non-hydrogen) atoms. The first-order valence-electron chi connectivity index (χ1n) is 9.16. The Hall–Kier alpha value is -1.51. The zero-order valence-electron chi connectivity index (χ0n) is 16.1. The maximum Gasteiger partial charge on any atom is 0.244 e. The number of anilines is 1. The predicted octanol–water partition coefficient (Wildman–Crippen LogP) is 2.09. The van der Waals surface area contributed by atoms with Crippen molar-refractivity contribution < 1.29 is 4.79 Å². The van der Waals surface area contributed by atoms with Crippen molar-refractivity contribution in [3.63, 3.8) is 0 Å². The van der Waals surface area contributed by atoms with Gasteiger partial charge in [-0.25, -0.2) is 4.99 Å². The van der Waals surface area contributed by atoms with E-state index >= 15 is 0 Å². The minimum atomic E-state index is 0. The highest BCUT2D eigenvalue weighted by Gasteiger charge is 2.17. The molecule has 1 aliphatic heterocycles. The van der Waals surface area contributed by atoms with E-state index in [4.69, 9.17) is 0 Å². The standard InChI is InChI=1S/C19H31N5O.HI/c1-4-20-19(22-15-18(25)24-13-5-6-14-24)21-12-11-16-7-9-17(10-8-16)23(2)3;/h7-10H,4-6,11-15H2,1-3H3,(H2,20,21,22);1H. The lowest BCUT2D eigenvalue weighted by atomic mass is 10.1. The number of hydrogen-bond donors (Lipinski definition) is 2. The van der Waals surface area contributed by atoms with Crippen LogP contribution >= 0.6 is 24.0 Å². The van der Waals surface area contributed by atoms with Crippen molar-refractivity contribution in [2.24, 2.45) is 4.99 Å². The summed E-state index contributed by atoms with van der Waals surface area (Å²) < 4.78 is 0. The number of guanidine groups is 1. The molecule has 0 aliphatic carbocycles. The monoisotopic (exact) mass is 473 g/mol. The van der Waals surface area contributed by atoms with E-state index in [1.165, 1.54) is 11.3 Å². The van der Waals surface area contributed by atoms with Gasteiger partial charge < -0.3 is 20.4 Å². The number of likely N-dealkylation sites (tertiary alicyclic amines) is 1. The lowest BCUT2D eigenvalue weighted by molar-refractivity contribution is -0.128. The summed E-state index contributed by atoms with van der Waals surface area (Å²) in [6.07, 6.45) is 3.14. The average molecular weight is 473 g/mol. The highest BCUT2D eigenvalue weighted by atomic mass is 127. The van der Waals surface area contributed by atoms with E-state index in [1.54, 1.807) is 0 Å². The van der Waals surface area contributed by atoms with Crippen LogP contribution in [0.2, 0.25) is 0 Å². The molecule has 1 aromatic carbocycles. The third-order valence-corrected chi connectivity index (χ3v) is 4.33. The van der Waals surface area contributed by atoms with E-state index in [0.717, 1.165) is 45.4 Å². The normalized spacial score (nSPS) is 14.0. The summed E-state index contributed by atoms with van der Waals surface area (Å²) in [6, 6.07) is 8.56. The number of rotatable bonds is 7. The van der Waals surface area contributed by atoms with Gasteiger partial charge >= 0.3 is 0 Å². The molecule has 1 aromatic rings. The van der Waals surface area contributed by atoms with Crippen LogP contribution in [0.3, 0.4) is 0 Å². The van der Waals surface area contributed by atoms with Gasteiger partial charge in [-0.3, -0.25) is 4.79 Å². The molecule has 0 atom stereocenters. The molecule has 2 N–H and O–H groups in total. The number of carbonyl (C=O) groups is 1. The number of nitrogens with one attached hydrogen (secondary N) is 2. The third-order valence-electron chi connectivity index (χ3n) is 4.33. The molecule has 1 amide bonds. The van der Waals surface area contributed by atoms with E-state index in [9.17, 15) is 4.79 Å². The Labute approximate surface area is 174 Å². The van der Waals surface area contributed by atoms with Crippen molar-refractivity contribution in [2.45, 2.75) is 26.2 Å². The van der Waals surface area contributed by atoms with Gasteiger partial charge in [0.15, 0.2) is 5.96 Å². The van der Waals surface area contributed by atoms with Gasteiger partial charge in [-0.05, 0) is 43.9 Å². The fourth-order valence-electron chi connectivity index (χ4n) is 2.84. The van der Waals surface area contributed by atoms with Crippen LogP contribution in [0.25, 0.3) is 0 Å². The van der Waals surface area contributed by atoms with Crippen molar-refractivity contribution in [2.75, 3.05) is 51.7 Å². The number of aliphatic imine (C=N–C) groups is 1. The molecule has 0 unspecified atom stereocenters. The van der Waals surface area contributed by atoms with E-state index < -0.39 is 0 Å². The van der Waals surface area contributed by atoms with Gasteiger partial charge in [0.2, 0.25) is 5.91 Å². The van der Waals surface area contributed by atoms with Gasteiger partial charge in [-0.15, -0.1) is 24.0 Å². The quantitative estimate of drug-likeness (QED) is 0.362. The maximum atomic E-state index is 12.1. The molecule has 0 bridgehead atoms. The number of carbonyl (C=O) groups excluding carboxylic acids is 1. The van der Waals surface area contributed by atoms with E-state index in [-0.39, 0.29) is 36.4 Å². The van der Waals surface area contributed by atoms with Gasteiger partial charge in [0.05, 0.1) is 0 Å². The summed E-state index contributed by atoms with van der Waals surface area (Å²) in [6.45, 7) is 5.56. The molecular formula is C19H32IN5O. The highest BCUT2D eigenvalue weighted by molar-refractivity contribution is 14.0. The zero-order valence-corrected chi connectivity index (χ0v) is 18.5. The van der Waals surface area contributed by atoms with Crippen molar-refractivity contribution in [1.29, 1.82) is 0 Å². The SMILES string of the molecule is CCNC(=NCC(=O)N1CCCC1)NCCc1ccc(N(C)C)cc1.I. The molecule has 0 aromatic heterocycles. The fourth-order valence-corrected chi connectivity index (χ4v) is 2.84. The molecular weight excluding hydrogens is 441 g/mol. The zero-order chi connectivity index (χ0) is 18.1. The van der Waals surface area contributed by atoms with Crippen LogP contribution in [0.5, 0.6) is 0 Å². The smallest absolute Gasteiger partial charge is 0.244 e. The Kier molecular flexibility index (Phi) is 10.4. The van der Waals surface area contributed by atoms with Crippen LogP contribution in [0, 0.1) is 0 Å². The van der Waals surface area contributed by atoms with Crippen molar-refractivity contribution in [1.82, 2.24) is 15.5 Å². The molecule has 6 nitrogen and oxygen atoms in total. The van der Waals surface area contributed by atoms with Gasteiger partial charge in [-0.1, -0.05) is 12.1 Å². The summed E-state index contributed by atoms with van der Waals surface area (Å²) >= 11 is 0. The Balaban J connectivity index is 0.00000338. The van der Waals surface area contributed by atoms with Crippen molar-refractivity contribution in [3.05, 3.63) is 29.8 Å². The lowest BCUT2D eigenvalue weighted by Gasteiger charge is -2.15.